The molecule has 3 rings (SSSR count). The van der Waals surface area contributed by atoms with Crippen molar-refractivity contribution in [2.24, 2.45) is 0 Å². The molecular weight excluding hydrogens is 226 g/mol. The SMILES string of the molecule is Nc1ccc2c(-c3ccc(O)cc3)ccnc2n1. The third kappa shape index (κ3) is 1.73. The average Bonchev–Trinajstić information content (AvgIpc) is 2.38. The van der Waals surface area contributed by atoms with Gasteiger partial charge < -0.3 is 10.8 Å². The van der Waals surface area contributed by atoms with Crippen molar-refractivity contribution in [3.8, 4) is 16.9 Å². The summed E-state index contributed by atoms with van der Waals surface area (Å²) in [6.45, 7) is 0. The molecule has 0 radical (unpaired) electrons. The third-order valence-electron chi connectivity index (χ3n) is 2.80. The summed E-state index contributed by atoms with van der Waals surface area (Å²) in [4.78, 5) is 8.40. The third-order valence-corrected chi connectivity index (χ3v) is 2.80. The fourth-order valence-electron chi connectivity index (χ4n) is 1.94. The largest absolute Gasteiger partial charge is 0.508 e. The van der Waals surface area contributed by atoms with Crippen LogP contribution in [0.2, 0.25) is 0 Å². The Morgan fingerprint density at radius 2 is 1.72 bits per heavy atom. The van der Waals surface area contributed by atoms with E-state index in [1.807, 2.05) is 24.3 Å². The Balaban J connectivity index is 2.26. The van der Waals surface area contributed by atoms with E-state index in [1.165, 1.54) is 0 Å². The highest BCUT2D eigenvalue weighted by atomic mass is 16.3. The normalized spacial score (nSPS) is 10.7. The summed E-state index contributed by atoms with van der Waals surface area (Å²) >= 11 is 0. The number of phenols is 1. The highest BCUT2D eigenvalue weighted by Crippen LogP contribution is 2.28. The van der Waals surface area contributed by atoms with Crippen LogP contribution in [0.1, 0.15) is 0 Å². The van der Waals surface area contributed by atoms with Crippen molar-refractivity contribution in [2.45, 2.75) is 0 Å². The van der Waals surface area contributed by atoms with Gasteiger partial charge >= 0.3 is 0 Å². The number of rotatable bonds is 1. The van der Waals surface area contributed by atoms with Gasteiger partial charge in [0.05, 0.1) is 0 Å². The maximum Gasteiger partial charge on any atom is 0.162 e. The second-order valence-electron chi connectivity index (χ2n) is 4.01. The summed E-state index contributed by atoms with van der Waals surface area (Å²) in [6, 6.07) is 12.6. The molecule has 0 spiro atoms. The lowest BCUT2D eigenvalue weighted by Crippen LogP contribution is -1.92. The summed E-state index contributed by atoms with van der Waals surface area (Å²) in [7, 11) is 0. The average molecular weight is 237 g/mol. The second-order valence-corrected chi connectivity index (χ2v) is 4.01. The van der Waals surface area contributed by atoms with Crippen LogP contribution in [-0.4, -0.2) is 15.1 Å². The zero-order valence-corrected chi connectivity index (χ0v) is 9.54. The van der Waals surface area contributed by atoms with Crippen LogP contribution in [0.25, 0.3) is 22.2 Å². The molecule has 0 saturated carbocycles. The minimum Gasteiger partial charge on any atom is -0.508 e. The van der Waals surface area contributed by atoms with E-state index in [-0.39, 0.29) is 5.75 Å². The Bertz CT molecular complexity index is 708. The molecule has 2 aromatic heterocycles. The number of aromatic nitrogens is 2. The van der Waals surface area contributed by atoms with Gasteiger partial charge in [-0.15, -0.1) is 0 Å². The van der Waals surface area contributed by atoms with Gasteiger partial charge in [-0.1, -0.05) is 12.1 Å². The van der Waals surface area contributed by atoms with Gasteiger partial charge in [0.25, 0.3) is 0 Å². The van der Waals surface area contributed by atoms with Crippen molar-refractivity contribution >= 4 is 16.9 Å². The lowest BCUT2D eigenvalue weighted by molar-refractivity contribution is 0.475. The maximum atomic E-state index is 9.31. The van der Waals surface area contributed by atoms with Crippen molar-refractivity contribution in [3.63, 3.8) is 0 Å². The number of nitrogen functional groups attached to an aromatic ring is 1. The van der Waals surface area contributed by atoms with E-state index in [9.17, 15) is 5.11 Å². The van der Waals surface area contributed by atoms with E-state index >= 15 is 0 Å². The topological polar surface area (TPSA) is 72.0 Å². The summed E-state index contributed by atoms with van der Waals surface area (Å²) in [6.07, 6.45) is 1.71. The van der Waals surface area contributed by atoms with Gasteiger partial charge in [0.1, 0.15) is 11.6 Å². The number of fused-ring (bicyclic) bond motifs is 1. The van der Waals surface area contributed by atoms with Crippen molar-refractivity contribution in [2.75, 3.05) is 5.73 Å². The highest BCUT2D eigenvalue weighted by molar-refractivity contribution is 5.93. The van der Waals surface area contributed by atoms with Crippen LogP contribution in [0.3, 0.4) is 0 Å². The molecule has 0 amide bonds. The Morgan fingerprint density at radius 1 is 0.944 bits per heavy atom. The van der Waals surface area contributed by atoms with Crippen LogP contribution in [0.15, 0.2) is 48.7 Å². The lowest BCUT2D eigenvalue weighted by Gasteiger charge is -2.06. The maximum absolute atomic E-state index is 9.31. The van der Waals surface area contributed by atoms with Crippen LogP contribution in [0.5, 0.6) is 5.75 Å². The van der Waals surface area contributed by atoms with E-state index in [0.29, 0.717) is 11.5 Å². The molecule has 0 fully saturated rings. The zero-order valence-electron chi connectivity index (χ0n) is 9.54. The van der Waals surface area contributed by atoms with Crippen LogP contribution in [-0.2, 0) is 0 Å². The van der Waals surface area contributed by atoms with Crippen molar-refractivity contribution in [1.82, 2.24) is 9.97 Å². The summed E-state index contributed by atoms with van der Waals surface area (Å²) in [5.74, 6) is 0.706. The number of nitrogens with zero attached hydrogens (tertiary/aromatic N) is 2. The van der Waals surface area contributed by atoms with Gasteiger partial charge in [-0.05, 0) is 41.5 Å². The lowest BCUT2D eigenvalue weighted by atomic mass is 10.0. The van der Waals surface area contributed by atoms with Gasteiger partial charge in [0, 0.05) is 11.6 Å². The number of pyridine rings is 2. The molecular formula is C14H11N3O. The van der Waals surface area contributed by atoms with E-state index in [2.05, 4.69) is 9.97 Å². The molecule has 4 heteroatoms. The number of nitrogens with two attached hydrogens (primary N) is 1. The smallest absolute Gasteiger partial charge is 0.162 e. The molecule has 0 aliphatic heterocycles. The first-order valence-electron chi connectivity index (χ1n) is 5.55. The predicted molar refractivity (Wildman–Crippen MR) is 71.1 cm³/mol. The van der Waals surface area contributed by atoms with E-state index in [4.69, 9.17) is 5.73 Å². The minimum absolute atomic E-state index is 0.250. The first-order valence-corrected chi connectivity index (χ1v) is 5.55. The van der Waals surface area contributed by atoms with E-state index in [1.54, 1.807) is 24.4 Å². The number of benzene rings is 1. The Morgan fingerprint density at radius 3 is 2.50 bits per heavy atom. The molecule has 4 nitrogen and oxygen atoms in total. The van der Waals surface area contributed by atoms with Crippen LogP contribution >= 0.6 is 0 Å². The highest BCUT2D eigenvalue weighted by Gasteiger charge is 2.05. The molecule has 0 saturated heterocycles. The van der Waals surface area contributed by atoms with Gasteiger partial charge in [-0.3, -0.25) is 0 Å². The Hall–Kier alpha value is -2.62. The van der Waals surface area contributed by atoms with Crippen LogP contribution in [0.4, 0.5) is 5.82 Å². The quantitative estimate of drug-likeness (QED) is 0.682. The van der Waals surface area contributed by atoms with E-state index in [0.717, 1.165) is 16.5 Å². The molecule has 1 aromatic carbocycles. The van der Waals surface area contributed by atoms with E-state index < -0.39 is 0 Å². The Labute approximate surface area is 104 Å². The number of phenolic OH excluding ortho intramolecular Hbond substituents is 1. The first kappa shape index (κ1) is 10.5. The fraction of sp³-hybridized carbons (Fsp3) is 0. The number of anilines is 1. The monoisotopic (exact) mass is 237 g/mol. The first-order chi connectivity index (χ1) is 8.74. The molecule has 2 heterocycles. The van der Waals surface area contributed by atoms with Crippen molar-refractivity contribution in [3.05, 3.63) is 48.7 Å². The molecule has 0 unspecified atom stereocenters. The summed E-state index contributed by atoms with van der Waals surface area (Å²) in [5.41, 5.74) is 8.30. The van der Waals surface area contributed by atoms with Crippen molar-refractivity contribution in [1.29, 1.82) is 0 Å². The fourth-order valence-corrected chi connectivity index (χ4v) is 1.94. The predicted octanol–water partition coefficient (Wildman–Crippen LogP) is 2.58. The molecule has 88 valence electrons. The number of hydrogen-bond acceptors (Lipinski definition) is 4. The molecule has 18 heavy (non-hydrogen) atoms. The van der Waals surface area contributed by atoms with Crippen LogP contribution in [0, 0.1) is 0 Å². The molecule has 3 aromatic rings. The summed E-state index contributed by atoms with van der Waals surface area (Å²) in [5, 5.41) is 10.3. The number of aromatic hydroxyl groups is 1. The van der Waals surface area contributed by atoms with Gasteiger partial charge in [0.2, 0.25) is 0 Å². The minimum atomic E-state index is 0.250. The standard InChI is InChI=1S/C14H11N3O/c15-13-6-5-12-11(7-8-16-14(12)17-13)9-1-3-10(18)4-2-9/h1-8,18H,(H2,15,16,17). The zero-order chi connectivity index (χ0) is 12.5. The molecule has 0 aliphatic carbocycles. The van der Waals surface area contributed by atoms with Gasteiger partial charge in [-0.2, -0.15) is 0 Å². The molecule has 3 N–H and O–H groups in total. The summed E-state index contributed by atoms with van der Waals surface area (Å²) < 4.78 is 0. The second kappa shape index (κ2) is 4.00. The Kier molecular flexibility index (Phi) is 2.34. The number of hydrogen-bond donors (Lipinski definition) is 2. The van der Waals surface area contributed by atoms with Crippen molar-refractivity contribution < 1.29 is 5.11 Å². The van der Waals surface area contributed by atoms with Crippen LogP contribution < -0.4 is 5.73 Å². The molecule has 0 bridgehead atoms. The molecule has 0 atom stereocenters. The van der Waals surface area contributed by atoms with Gasteiger partial charge in [-0.25, -0.2) is 9.97 Å². The van der Waals surface area contributed by atoms with Gasteiger partial charge in [0.15, 0.2) is 5.65 Å². The molecule has 0 aliphatic rings.